The molecule has 2 aromatic heterocycles. The summed E-state index contributed by atoms with van der Waals surface area (Å²) in [6.45, 7) is 6.11. The summed E-state index contributed by atoms with van der Waals surface area (Å²) in [4.78, 5) is 38.9. The van der Waals surface area contributed by atoms with E-state index in [2.05, 4.69) is 30.9 Å². The summed E-state index contributed by atoms with van der Waals surface area (Å²) in [6.07, 6.45) is 3.69. The van der Waals surface area contributed by atoms with Crippen LogP contribution in [0.25, 0.3) is 22.6 Å². The lowest BCUT2D eigenvalue weighted by Gasteiger charge is -2.45. The second-order valence-corrected chi connectivity index (χ2v) is 12.3. The van der Waals surface area contributed by atoms with E-state index in [1.54, 1.807) is 24.3 Å². The number of non-ortho nitro benzene ring substituents is 1. The third-order valence-electron chi connectivity index (χ3n) is 9.00. The highest BCUT2D eigenvalue weighted by atomic mass is 19.1. The van der Waals surface area contributed by atoms with Gasteiger partial charge in [0.15, 0.2) is 11.6 Å². The molecule has 0 aliphatic carbocycles. The van der Waals surface area contributed by atoms with Crippen LogP contribution in [-0.2, 0) is 6.54 Å². The van der Waals surface area contributed by atoms with Crippen LogP contribution in [0.15, 0.2) is 96.1 Å². The van der Waals surface area contributed by atoms with Crippen LogP contribution in [0.3, 0.4) is 0 Å². The second kappa shape index (κ2) is 13.6. The maximum absolute atomic E-state index is 14.4. The van der Waals surface area contributed by atoms with Crippen molar-refractivity contribution < 1.29 is 9.31 Å². The molecule has 4 heterocycles. The van der Waals surface area contributed by atoms with Gasteiger partial charge >= 0.3 is 0 Å². The van der Waals surface area contributed by atoms with Gasteiger partial charge in [-0.15, -0.1) is 0 Å². The van der Waals surface area contributed by atoms with E-state index in [0.29, 0.717) is 28.7 Å². The van der Waals surface area contributed by atoms with E-state index in [1.165, 1.54) is 22.9 Å². The zero-order valence-corrected chi connectivity index (χ0v) is 26.5. The molecule has 12 nitrogen and oxygen atoms in total. The van der Waals surface area contributed by atoms with Gasteiger partial charge in [-0.1, -0.05) is 30.3 Å². The van der Waals surface area contributed by atoms with Crippen molar-refractivity contribution in [2.45, 2.75) is 6.54 Å². The Morgan fingerprint density at radius 2 is 1.65 bits per heavy atom. The summed E-state index contributed by atoms with van der Waals surface area (Å²) in [7, 11) is 0. The Kier molecular flexibility index (Phi) is 8.78. The number of anilines is 2. The van der Waals surface area contributed by atoms with E-state index < -0.39 is 10.7 Å². The zero-order valence-electron chi connectivity index (χ0n) is 26.5. The number of nitrogens with zero attached hydrogens (tertiary/aromatic N) is 9. The Labute approximate surface area is 281 Å². The van der Waals surface area contributed by atoms with Gasteiger partial charge in [0.1, 0.15) is 0 Å². The van der Waals surface area contributed by atoms with Gasteiger partial charge in [0, 0.05) is 75.0 Å². The van der Waals surface area contributed by atoms with Crippen LogP contribution in [-0.4, -0.2) is 75.4 Å². The Balaban J connectivity index is 0.929. The molecule has 49 heavy (non-hydrogen) atoms. The van der Waals surface area contributed by atoms with Gasteiger partial charge in [-0.2, -0.15) is 10.4 Å². The van der Waals surface area contributed by atoms with Crippen molar-refractivity contribution in [3.63, 3.8) is 0 Å². The maximum atomic E-state index is 14.4. The monoisotopic (exact) mass is 657 g/mol. The van der Waals surface area contributed by atoms with Gasteiger partial charge in [0.05, 0.1) is 58.6 Å². The van der Waals surface area contributed by atoms with Gasteiger partial charge in [0.25, 0.3) is 11.2 Å². The third kappa shape index (κ3) is 7.00. The lowest BCUT2D eigenvalue weighted by atomic mass is 9.98. The Hall–Kier alpha value is -6.00. The summed E-state index contributed by atoms with van der Waals surface area (Å²) in [5, 5.41) is 24.7. The molecular formula is C36H32FN9O3. The minimum atomic E-state index is -0.586. The van der Waals surface area contributed by atoms with Crippen molar-refractivity contribution in [1.29, 1.82) is 5.26 Å². The molecule has 7 rings (SSSR count). The predicted octanol–water partition coefficient (Wildman–Crippen LogP) is 4.59. The van der Waals surface area contributed by atoms with Crippen molar-refractivity contribution in [3.8, 4) is 28.7 Å². The van der Waals surface area contributed by atoms with Gasteiger partial charge in [-0.05, 0) is 35.9 Å². The third-order valence-corrected chi connectivity index (χ3v) is 9.00. The van der Waals surface area contributed by atoms with Crippen molar-refractivity contribution >= 4 is 17.1 Å². The van der Waals surface area contributed by atoms with Crippen LogP contribution >= 0.6 is 0 Å². The fourth-order valence-electron chi connectivity index (χ4n) is 6.38. The van der Waals surface area contributed by atoms with Crippen LogP contribution in [0.1, 0.15) is 11.1 Å². The number of nitro groups is 1. The number of nitriles is 1. The molecule has 13 heteroatoms. The number of halogens is 1. The normalized spacial score (nSPS) is 15.1. The van der Waals surface area contributed by atoms with E-state index in [0.717, 1.165) is 74.3 Å². The van der Waals surface area contributed by atoms with Gasteiger partial charge in [-0.25, -0.2) is 19.0 Å². The molecule has 0 atom stereocenters. The highest BCUT2D eigenvalue weighted by molar-refractivity contribution is 5.61. The molecule has 5 aromatic rings. The molecule has 3 aromatic carbocycles. The highest BCUT2D eigenvalue weighted by Crippen LogP contribution is 2.30. The van der Waals surface area contributed by atoms with E-state index in [4.69, 9.17) is 0 Å². The first-order chi connectivity index (χ1) is 23.8. The first kappa shape index (κ1) is 31.6. The minimum absolute atomic E-state index is 0.224. The van der Waals surface area contributed by atoms with Crippen LogP contribution in [0.2, 0.25) is 0 Å². The average Bonchev–Trinajstić information content (AvgIpc) is 3.11. The summed E-state index contributed by atoms with van der Waals surface area (Å²) in [5.74, 6) is 0.448. The van der Waals surface area contributed by atoms with E-state index in [-0.39, 0.29) is 17.8 Å². The van der Waals surface area contributed by atoms with Crippen molar-refractivity contribution in [1.82, 2.24) is 24.6 Å². The molecule has 0 amide bonds. The van der Waals surface area contributed by atoms with Crippen LogP contribution < -0.4 is 15.4 Å². The molecule has 0 spiro atoms. The summed E-state index contributed by atoms with van der Waals surface area (Å²) < 4.78 is 15.8. The zero-order chi connectivity index (χ0) is 33.9. The number of benzene rings is 3. The molecular weight excluding hydrogens is 625 g/mol. The summed E-state index contributed by atoms with van der Waals surface area (Å²) in [6, 6.07) is 24.0. The average molecular weight is 658 g/mol. The number of rotatable bonds is 9. The van der Waals surface area contributed by atoms with Crippen molar-refractivity contribution in [2.24, 2.45) is 5.92 Å². The van der Waals surface area contributed by atoms with Crippen LogP contribution in [0, 0.1) is 33.2 Å². The molecule has 2 fully saturated rings. The van der Waals surface area contributed by atoms with Crippen molar-refractivity contribution in [2.75, 3.05) is 55.6 Å². The first-order valence-corrected chi connectivity index (χ1v) is 16.0. The van der Waals surface area contributed by atoms with Crippen LogP contribution in [0.5, 0.6) is 0 Å². The highest BCUT2D eigenvalue weighted by Gasteiger charge is 2.31. The maximum Gasteiger partial charge on any atom is 0.272 e. The predicted molar refractivity (Wildman–Crippen MR) is 183 cm³/mol. The molecule has 0 unspecified atom stereocenters. The molecule has 2 aliphatic heterocycles. The first-order valence-electron chi connectivity index (χ1n) is 16.0. The lowest BCUT2D eigenvalue weighted by molar-refractivity contribution is -0.385. The van der Waals surface area contributed by atoms with Gasteiger partial charge in [-0.3, -0.25) is 19.8 Å². The molecule has 0 bridgehead atoms. The number of piperazine rings is 1. The second-order valence-electron chi connectivity index (χ2n) is 12.3. The quantitative estimate of drug-likeness (QED) is 0.163. The summed E-state index contributed by atoms with van der Waals surface area (Å²) in [5.41, 5.74) is 4.53. The fraction of sp³-hybridized carbons (Fsp3) is 0.250. The smallest absolute Gasteiger partial charge is 0.272 e. The van der Waals surface area contributed by atoms with Gasteiger partial charge < -0.3 is 9.80 Å². The number of aromatic nitrogens is 4. The topological polar surface area (TPSA) is 137 Å². The minimum Gasteiger partial charge on any atom is -0.368 e. The molecule has 2 aliphatic rings. The number of nitro benzene ring substituents is 1. The standard InChI is InChI=1S/C36H32FN9O3/c37-32-17-30(46(48)49)7-9-34(32)44-22-27(23-44)21-42-11-13-43(14-12-42)31-19-39-36(40-20-31)29-6-2-4-26(16-29)24-45-35(47)10-8-33(41-45)28-5-1-3-25(15-28)18-38/h1-10,15-17,19-20,27H,11-14,21-24H2. The Morgan fingerprint density at radius 1 is 0.898 bits per heavy atom. The van der Waals surface area contributed by atoms with E-state index in [9.17, 15) is 24.6 Å². The molecule has 246 valence electrons. The molecule has 0 saturated carbocycles. The van der Waals surface area contributed by atoms with Crippen LogP contribution in [0.4, 0.5) is 21.5 Å². The Bertz CT molecular complexity index is 2100. The molecule has 0 radical (unpaired) electrons. The molecule has 2 saturated heterocycles. The number of hydrogen-bond acceptors (Lipinski definition) is 10. The largest absolute Gasteiger partial charge is 0.368 e. The van der Waals surface area contributed by atoms with E-state index in [1.807, 2.05) is 47.6 Å². The number of hydrogen-bond donors (Lipinski definition) is 0. The SMILES string of the molecule is N#Cc1cccc(-c2ccc(=O)n(Cc3cccc(-c4ncc(N5CCN(CC6CN(c7ccc([N+](=O)[O-])cc7F)C6)CC5)cn4)c3)n2)c1. The van der Waals surface area contributed by atoms with Gasteiger partial charge in [0.2, 0.25) is 0 Å². The Morgan fingerprint density at radius 3 is 2.39 bits per heavy atom. The summed E-state index contributed by atoms with van der Waals surface area (Å²) >= 11 is 0. The fourth-order valence-corrected chi connectivity index (χ4v) is 6.38. The molecule has 0 N–H and O–H groups in total. The van der Waals surface area contributed by atoms with Crippen molar-refractivity contribution in [3.05, 3.63) is 129 Å². The lowest BCUT2D eigenvalue weighted by Crippen LogP contribution is -2.55. The van der Waals surface area contributed by atoms with E-state index >= 15 is 0 Å².